The van der Waals surface area contributed by atoms with E-state index in [4.69, 9.17) is 10.5 Å². The smallest absolute Gasteiger partial charge is 0.255 e. The minimum atomic E-state index is -0.488. The number of halogens is 2. The predicted octanol–water partition coefficient (Wildman–Crippen LogP) is -1.41. The molecule has 0 atom stereocenters. The van der Waals surface area contributed by atoms with E-state index in [-0.39, 0.29) is 19.0 Å². The lowest BCUT2D eigenvalue weighted by atomic mass is 10.2. The minimum absolute atomic E-state index is 0. The summed E-state index contributed by atoms with van der Waals surface area (Å²) in [6.45, 7) is 4.86. The lowest BCUT2D eigenvalue weighted by Crippen LogP contribution is -3.00. The van der Waals surface area contributed by atoms with Crippen LogP contribution in [0.2, 0.25) is 0 Å². The van der Waals surface area contributed by atoms with Crippen LogP contribution in [0.25, 0.3) is 0 Å². The summed E-state index contributed by atoms with van der Waals surface area (Å²) in [6.07, 6.45) is 1.78. The number of carbonyl (C=O) groups is 1. The summed E-state index contributed by atoms with van der Waals surface area (Å²) in [4.78, 5) is 10.7. The van der Waals surface area contributed by atoms with Crippen LogP contribution in [-0.4, -0.2) is 19.1 Å². The van der Waals surface area contributed by atoms with E-state index < -0.39 is 5.91 Å². The number of rotatable bonds is 7. The summed E-state index contributed by atoms with van der Waals surface area (Å²) in [5, 5.41) is 3.17. The Balaban J connectivity index is 0.00000289. The third-order valence-corrected chi connectivity index (χ3v) is 2.49. The van der Waals surface area contributed by atoms with Crippen LogP contribution in [0.5, 0.6) is 5.75 Å². The molecule has 0 fully saturated rings. The standard InChI is InChI=1S/C12H15BrN2O2.ClH/c1-2-5-15-7-9-6-10(13)3-4-11(9)17-8-12(14)16;/h2-4,6,15H,1,5,7-8H2,(H2,14,16);1H/p-1. The summed E-state index contributed by atoms with van der Waals surface area (Å²) in [5.74, 6) is 0.168. The highest BCUT2D eigenvalue weighted by molar-refractivity contribution is 9.10. The molecule has 1 aromatic carbocycles. The van der Waals surface area contributed by atoms with Gasteiger partial charge in [-0.15, -0.1) is 6.58 Å². The van der Waals surface area contributed by atoms with Crippen molar-refractivity contribution in [1.82, 2.24) is 5.32 Å². The molecule has 6 heteroatoms. The fourth-order valence-electron chi connectivity index (χ4n) is 1.28. The van der Waals surface area contributed by atoms with Crippen LogP contribution < -0.4 is 28.2 Å². The number of nitrogens with one attached hydrogen (secondary N) is 1. The Bertz CT molecular complexity index is 413. The molecule has 0 aliphatic rings. The van der Waals surface area contributed by atoms with E-state index in [1.807, 2.05) is 12.1 Å². The summed E-state index contributed by atoms with van der Waals surface area (Å²) in [5.41, 5.74) is 6.00. The van der Waals surface area contributed by atoms with Gasteiger partial charge in [0.25, 0.3) is 5.91 Å². The van der Waals surface area contributed by atoms with Crippen molar-refractivity contribution < 1.29 is 21.9 Å². The molecule has 1 rings (SSSR count). The van der Waals surface area contributed by atoms with Crippen LogP contribution in [0.1, 0.15) is 5.56 Å². The molecule has 0 radical (unpaired) electrons. The average molecular weight is 335 g/mol. The molecule has 0 aliphatic carbocycles. The zero-order valence-electron chi connectivity index (χ0n) is 9.79. The van der Waals surface area contributed by atoms with Crippen molar-refractivity contribution in [3.05, 3.63) is 40.9 Å². The summed E-state index contributed by atoms with van der Waals surface area (Å²) in [6, 6.07) is 5.59. The first kappa shape index (κ1) is 17.0. The van der Waals surface area contributed by atoms with Gasteiger partial charge in [0.15, 0.2) is 6.61 Å². The molecule has 1 amide bonds. The Morgan fingerprint density at radius 1 is 1.56 bits per heavy atom. The second kappa shape index (κ2) is 8.97. The van der Waals surface area contributed by atoms with E-state index in [1.54, 1.807) is 12.1 Å². The predicted molar refractivity (Wildman–Crippen MR) is 70.7 cm³/mol. The quantitative estimate of drug-likeness (QED) is 0.476. The number of hydrogen-bond donors (Lipinski definition) is 2. The topological polar surface area (TPSA) is 64.3 Å². The molecule has 0 spiro atoms. The van der Waals surface area contributed by atoms with Crippen LogP contribution in [0.15, 0.2) is 35.3 Å². The third kappa shape index (κ3) is 6.05. The lowest BCUT2D eigenvalue weighted by molar-refractivity contribution is -0.119. The minimum Gasteiger partial charge on any atom is -1.00 e. The summed E-state index contributed by atoms with van der Waals surface area (Å²) in [7, 11) is 0. The van der Waals surface area contributed by atoms with Gasteiger partial charge in [-0.1, -0.05) is 22.0 Å². The Hall–Kier alpha value is -1.04. The van der Waals surface area contributed by atoms with Crippen LogP contribution in [0.3, 0.4) is 0 Å². The molecule has 3 N–H and O–H groups in total. The number of carbonyl (C=O) groups excluding carboxylic acids is 1. The number of nitrogens with two attached hydrogens (primary N) is 1. The molecule has 18 heavy (non-hydrogen) atoms. The van der Waals surface area contributed by atoms with E-state index in [1.165, 1.54) is 0 Å². The molecule has 1 aromatic rings. The highest BCUT2D eigenvalue weighted by atomic mass is 79.9. The van der Waals surface area contributed by atoms with Gasteiger partial charge in [0.2, 0.25) is 0 Å². The average Bonchev–Trinajstić information content (AvgIpc) is 2.28. The van der Waals surface area contributed by atoms with Gasteiger partial charge in [-0.3, -0.25) is 4.79 Å². The zero-order valence-corrected chi connectivity index (χ0v) is 12.1. The van der Waals surface area contributed by atoms with Gasteiger partial charge in [-0.05, 0) is 18.2 Å². The van der Waals surface area contributed by atoms with Gasteiger partial charge in [0, 0.05) is 23.1 Å². The molecule has 100 valence electrons. The highest BCUT2D eigenvalue weighted by Gasteiger charge is 2.05. The van der Waals surface area contributed by atoms with E-state index in [0.29, 0.717) is 18.8 Å². The van der Waals surface area contributed by atoms with Crippen LogP contribution >= 0.6 is 15.9 Å². The summed E-state index contributed by atoms with van der Waals surface area (Å²) >= 11 is 3.39. The third-order valence-electron chi connectivity index (χ3n) is 2.00. The van der Waals surface area contributed by atoms with Gasteiger partial charge in [-0.25, -0.2) is 0 Å². The van der Waals surface area contributed by atoms with Gasteiger partial charge in [-0.2, -0.15) is 0 Å². The second-order valence-corrected chi connectivity index (χ2v) is 4.34. The Morgan fingerprint density at radius 3 is 2.89 bits per heavy atom. The van der Waals surface area contributed by atoms with Crippen molar-refractivity contribution in [2.75, 3.05) is 13.2 Å². The number of ether oxygens (including phenoxy) is 1. The van der Waals surface area contributed by atoms with Crippen LogP contribution in [0, 0.1) is 0 Å². The molecule has 0 aromatic heterocycles. The van der Waals surface area contributed by atoms with Crippen molar-refractivity contribution in [1.29, 1.82) is 0 Å². The first-order valence-corrected chi connectivity index (χ1v) is 5.94. The van der Waals surface area contributed by atoms with Gasteiger partial charge >= 0.3 is 0 Å². The van der Waals surface area contributed by atoms with E-state index >= 15 is 0 Å². The van der Waals surface area contributed by atoms with E-state index in [9.17, 15) is 4.79 Å². The van der Waals surface area contributed by atoms with Crippen molar-refractivity contribution in [2.45, 2.75) is 6.54 Å². The van der Waals surface area contributed by atoms with Crippen molar-refractivity contribution in [3.8, 4) is 5.75 Å². The maximum Gasteiger partial charge on any atom is 0.255 e. The molecule has 0 saturated carbocycles. The molecule has 0 heterocycles. The fourth-order valence-corrected chi connectivity index (χ4v) is 1.69. The first-order chi connectivity index (χ1) is 8.13. The van der Waals surface area contributed by atoms with Crippen molar-refractivity contribution in [2.24, 2.45) is 5.73 Å². The maximum absolute atomic E-state index is 10.7. The molecule has 0 bridgehead atoms. The Morgan fingerprint density at radius 2 is 2.28 bits per heavy atom. The van der Waals surface area contributed by atoms with Gasteiger partial charge < -0.3 is 28.2 Å². The number of amides is 1. The molecular formula is C12H15BrClN2O2-. The second-order valence-electron chi connectivity index (χ2n) is 3.43. The Kier molecular flexibility index (Phi) is 8.45. The maximum atomic E-state index is 10.7. The molecular weight excluding hydrogens is 320 g/mol. The van der Waals surface area contributed by atoms with Crippen molar-refractivity contribution >= 4 is 21.8 Å². The Labute approximate surface area is 121 Å². The van der Waals surface area contributed by atoms with Crippen molar-refractivity contribution in [3.63, 3.8) is 0 Å². The number of hydrogen-bond acceptors (Lipinski definition) is 3. The van der Waals surface area contributed by atoms with Gasteiger partial charge in [0.05, 0.1) is 0 Å². The lowest BCUT2D eigenvalue weighted by Gasteiger charge is -2.11. The first-order valence-electron chi connectivity index (χ1n) is 5.14. The number of benzene rings is 1. The molecule has 0 unspecified atom stereocenters. The molecule has 4 nitrogen and oxygen atoms in total. The van der Waals surface area contributed by atoms with Crippen LogP contribution in [-0.2, 0) is 11.3 Å². The highest BCUT2D eigenvalue weighted by Crippen LogP contribution is 2.23. The van der Waals surface area contributed by atoms with E-state index in [0.717, 1.165) is 10.0 Å². The van der Waals surface area contributed by atoms with Crippen LogP contribution in [0.4, 0.5) is 0 Å². The number of primary amides is 1. The fraction of sp³-hybridized carbons (Fsp3) is 0.250. The molecule has 0 saturated heterocycles. The zero-order chi connectivity index (χ0) is 12.7. The summed E-state index contributed by atoms with van der Waals surface area (Å²) < 4.78 is 6.28. The van der Waals surface area contributed by atoms with Gasteiger partial charge in [0.1, 0.15) is 5.75 Å². The monoisotopic (exact) mass is 333 g/mol. The molecule has 0 aliphatic heterocycles. The largest absolute Gasteiger partial charge is 1.00 e. The van der Waals surface area contributed by atoms with E-state index in [2.05, 4.69) is 27.8 Å². The SMILES string of the molecule is C=CCNCc1cc(Br)ccc1OCC(N)=O.[Cl-]. The normalized spacial score (nSPS) is 9.39.